The largest absolute Gasteiger partial charge is 0.496 e. The maximum Gasteiger partial charge on any atom is 0.122 e. The number of likely N-dealkylation sites (tertiary alicyclic amines) is 1. The van der Waals surface area contributed by atoms with E-state index < -0.39 is 0 Å². The number of likely N-dealkylation sites (N-methyl/N-ethyl adjacent to an activating group) is 1. The van der Waals surface area contributed by atoms with Crippen molar-refractivity contribution >= 4 is 0 Å². The fourth-order valence-corrected chi connectivity index (χ4v) is 8.68. The SMILES string of the molecule is COc1cccc2c1C[C@H]1C[C@H](CN3C4CCC3CC(OC(c3ccccc3)c3ccccc3)C4)CN(C)[C@@H]1C2. The Morgan fingerprint density at radius 2 is 1.48 bits per heavy atom. The van der Waals surface area contributed by atoms with Crippen molar-refractivity contribution in [3.63, 3.8) is 0 Å². The second-order valence-corrected chi connectivity index (χ2v) is 12.9. The van der Waals surface area contributed by atoms with Gasteiger partial charge < -0.3 is 14.4 Å². The van der Waals surface area contributed by atoms with Crippen LogP contribution in [0, 0.1) is 11.8 Å². The minimum atomic E-state index is 0.00782. The number of hydrogen-bond acceptors (Lipinski definition) is 4. The van der Waals surface area contributed by atoms with E-state index in [0.717, 1.165) is 36.8 Å². The average Bonchev–Trinajstić information content (AvgIpc) is 3.21. The first-order chi connectivity index (χ1) is 19.7. The highest BCUT2D eigenvalue weighted by molar-refractivity contribution is 5.43. The first-order valence-corrected chi connectivity index (χ1v) is 15.5. The lowest BCUT2D eigenvalue weighted by Crippen LogP contribution is -2.54. The zero-order chi connectivity index (χ0) is 27.1. The molecule has 3 heterocycles. The van der Waals surface area contributed by atoms with Crippen molar-refractivity contribution in [3.8, 4) is 5.75 Å². The van der Waals surface area contributed by atoms with Crippen LogP contribution in [0.15, 0.2) is 78.9 Å². The number of rotatable bonds is 7. The van der Waals surface area contributed by atoms with Crippen LogP contribution < -0.4 is 4.74 Å². The number of fused-ring (bicyclic) bond motifs is 4. The molecule has 0 radical (unpaired) electrons. The first kappa shape index (κ1) is 26.3. The van der Waals surface area contributed by atoms with Gasteiger partial charge in [0, 0.05) is 31.2 Å². The van der Waals surface area contributed by atoms with E-state index in [4.69, 9.17) is 9.47 Å². The van der Waals surface area contributed by atoms with Gasteiger partial charge in [-0.05, 0) is 92.1 Å². The predicted octanol–water partition coefficient (Wildman–Crippen LogP) is 6.53. The van der Waals surface area contributed by atoms with Gasteiger partial charge in [0.1, 0.15) is 11.9 Å². The molecule has 2 bridgehead atoms. The van der Waals surface area contributed by atoms with Crippen LogP contribution in [0.5, 0.6) is 5.75 Å². The van der Waals surface area contributed by atoms with Crippen LogP contribution in [0.4, 0.5) is 0 Å². The second-order valence-electron chi connectivity index (χ2n) is 12.9. The van der Waals surface area contributed by atoms with E-state index in [-0.39, 0.29) is 6.10 Å². The molecule has 0 spiro atoms. The van der Waals surface area contributed by atoms with Crippen LogP contribution in [0.2, 0.25) is 0 Å². The lowest BCUT2D eigenvalue weighted by Gasteiger charge is -2.48. The number of hydrogen-bond donors (Lipinski definition) is 0. The molecule has 3 aromatic rings. The maximum atomic E-state index is 6.98. The summed E-state index contributed by atoms with van der Waals surface area (Å²) >= 11 is 0. The normalized spacial score (nSPS) is 30.2. The Morgan fingerprint density at radius 1 is 0.800 bits per heavy atom. The number of benzene rings is 3. The van der Waals surface area contributed by atoms with Gasteiger partial charge in [0.05, 0.1) is 13.2 Å². The van der Waals surface area contributed by atoms with Gasteiger partial charge in [-0.1, -0.05) is 72.8 Å². The van der Waals surface area contributed by atoms with E-state index in [1.807, 2.05) is 7.11 Å². The van der Waals surface area contributed by atoms with Gasteiger partial charge in [0.25, 0.3) is 0 Å². The molecule has 3 saturated heterocycles. The molecule has 3 aromatic carbocycles. The van der Waals surface area contributed by atoms with Crippen molar-refractivity contribution in [1.82, 2.24) is 9.80 Å². The molecule has 4 nitrogen and oxygen atoms in total. The van der Waals surface area contributed by atoms with Gasteiger partial charge in [-0.15, -0.1) is 0 Å². The Hall–Kier alpha value is -2.66. The topological polar surface area (TPSA) is 24.9 Å². The van der Waals surface area contributed by atoms with Crippen LogP contribution >= 0.6 is 0 Å². The molecule has 210 valence electrons. The van der Waals surface area contributed by atoms with Gasteiger partial charge in [-0.3, -0.25) is 4.90 Å². The molecule has 5 atom stereocenters. The molecule has 0 amide bonds. The van der Waals surface area contributed by atoms with Crippen molar-refractivity contribution < 1.29 is 9.47 Å². The molecule has 4 aliphatic rings. The van der Waals surface area contributed by atoms with Gasteiger partial charge in [-0.25, -0.2) is 0 Å². The van der Waals surface area contributed by atoms with Crippen molar-refractivity contribution in [2.75, 3.05) is 27.2 Å². The average molecular weight is 537 g/mol. The van der Waals surface area contributed by atoms with Crippen molar-refractivity contribution in [3.05, 3.63) is 101 Å². The summed E-state index contributed by atoms with van der Waals surface area (Å²) in [6.45, 7) is 2.47. The van der Waals surface area contributed by atoms with Crippen LogP contribution in [-0.2, 0) is 17.6 Å². The standard InChI is InChI=1S/C36H44N2O2/c1-37-23-25(18-29-19-33-28(20-34(29)37)14-9-15-35(33)39-2)24-38-30-16-17-31(38)22-32(21-30)40-36(26-10-5-3-6-11-26)27-12-7-4-8-13-27/h3-15,25,29-32,34,36H,16-24H2,1-2H3/t25-,29+,30?,31?,32?,34+/m0/s1. The molecule has 0 N–H and O–H groups in total. The van der Waals surface area contributed by atoms with E-state index in [2.05, 4.69) is 95.7 Å². The summed E-state index contributed by atoms with van der Waals surface area (Å²) in [7, 11) is 4.19. The molecule has 1 aliphatic carbocycles. The smallest absolute Gasteiger partial charge is 0.122 e. The third-order valence-corrected chi connectivity index (χ3v) is 10.5. The third-order valence-electron chi connectivity index (χ3n) is 10.5. The van der Waals surface area contributed by atoms with Gasteiger partial charge in [0.15, 0.2) is 0 Å². The number of nitrogens with zero attached hydrogens (tertiary/aromatic N) is 2. The zero-order valence-electron chi connectivity index (χ0n) is 24.1. The summed E-state index contributed by atoms with van der Waals surface area (Å²) in [4.78, 5) is 5.58. The van der Waals surface area contributed by atoms with Gasteiger partial charge >= 0.3 is 0 Å². The van der Waals surface area contributed by atoms with Crippen LogP contribution in [0.3, 0.4) is 0 Å². The predicted molar refractivity (Wildman–Crippen MR) is 161 cm³/mol. The lowest BCUT2D eigenvalue weighted by atomic mass is 9.72. The van der Waals surface area contributed by atoms with E-state index in [1.165, 1.54) is 61.0 Å². The monoisotopic (exact) mass is 536 g/mol. The number of ether oxygens (including phenoxy) is 2. The molecular formula is C36H44N2O2. The summed E-state index contributed by atoms with van der Waals surface area (Å²) in [6, 6.07) is 30.2. The summed E-state index contributed by atoms with van der Waals surface area (Å²) in [5.74, 6) is 2.55. The molecule has 40 heavy (non-hydrogen) atoms. The van der Waals surface area contributed by atoms with Crippen LogP contribution in [-0.4, -0.2) is 61.3 Å². The fraction of sp³-hybridized carbons (Fsp3) is 0.500. The first-order valence-electron chi connectivity index (χ1n) is 15.5. The molecule has 3 fully saturated rings. The Labute approximate surface area is 240 Å². The van der Waals surface area contributed by atoms with Crippen LogP contribution in [0.25, 0.3) is 0 Å². The summed E-state index contributed by atoms with van der Waals surface area (Å²) in [5.41, 5.74) is 5.47. The fourth-order valence-electron chi connectivity index (χ4n) is 8.68. The highest BCUT2D eigenvalue weighted by Gasteiger charge is 2.45. The summed E-state index contributed by atoms with van der Waals surface area (Å²) in [6.07, 6.45) is 8.96. The lowest BCUT2D eigenvalue weighted by molar-refractivity contribution is -0.0555. The van der Waals surface area contributed by atoms with E-state index in [0.29, 0.717) is 24.2 Å². The van der Waals surface area contributed by atoms with E-state index in [9.17, 15) is 0 Å². The molecule has 2 unspecified atom stereocenters. The minimum absolute atomic E-state index is 0.00782. The van der Waals surface area contributed by atoms with E-state index in [1.54, 1.807) is 0 Å². The zero-order valence-corrected chi connectivity index (χ0v) is 24.1. The minimum Gasteiger partial charge on any atom is -0.496 e. The Morgan fingerprint density at radius 3 is 2.12 bits per heavy atom. The van der Waals surface area contributed by atoms with Crippen molar-refractivity contribution in [2.24, 2.45) is 11.8 Å². The second kappa shape index (κ2) is 11.3. The highest BCUT2D eigenvalue weighted by atomic mass is 16.5. The maximum absolute atomic E-state index is 6.98. The summed E-state index contributed by atoms with van der Waals surface area (Å²) < 4.78 is 12.7. The molecular weight excluding hydrogens is 492 g/mol. The third kappa shape index (κ3) is 5.11. The van der Waals surface area contributed by atoms with Crippen LogP contribution in [0.1, 0.15) is 60.5 Å². The number of piperidine rings is 2. The number of methoxy groups -OCH3 is 1. The summed E-state index contributed by atoms with van der Waals surface area (Å²) in [5, 5.41) is 0. The molecule has 0 saturated carbocycles. The molecule has 4 heteroatoms. The Kier molecular flexibility index (Phi) is 7.42. The van der Waals surface area contributed by atoms with Crippen molar-refractivity contribution in [2.45, 2.75) is 75.3 Å². The molecule has 0 aromatic heterocycles. The van der Waals surface area contributed by atoms with Gasteiger partial charge in [-0.2, -0.15) is 0 Å². The molecule has 3 aliphatic heterocycles. The Balaban J connectivity index is 1.02. The highest BCUT2D eigenvalue weighted by Crippen LogP contribution is 2.43. The van der Waals surface area contributed by atoms with E-state index >= 15 is 0 Å². The Bertz CT molecular complexity index is 1230. The molecule has 7 rings (SSSR count). The van der Waals surface area contributed by atoms with Crippen molar-refractivity contribution in [1.29, 1.82) is 0 Å². The quantitative estimate of drug-likeness (QED) is 0.343. The van der Waals surface area contributed by atoms with Gasteiger partial charge in [0.2, 0.25) is 0 Å².